The molecule has 0 unspecified atom stereocenters. The zero-order chi connectivity index (χ0) is 20.2. The molecule has 2 aliphatic rings. The first kappa shape index (κ1) is 19.9. The van der Waals surface area contributed by atoms with E-state index in [1.807, 2.05) is 21.8 Å². The molecule has 0 radical (unpaired) electrons. The molecule has 1 amide bonds. The number of hydrogen-bond acceptors (Lipinski definition) is 5. The first-order valence-electron chi connectivity index (χ1n) is 10.7. The fourth-order valence-electron chi connectivity index (χ4n) is 4.50. The first-order chi connectivity index (χ1) is 14.1. The van der Waals surface area contributed by atoms with E-state index in [4.69, 9.17) is 4.74 Å². The summed E-state index contributed by atoms with van der Waals surface area (Å²) in [7, 11) is 1.71. The largest absolute Gasteiger partial charge is 0.496 e. The molecule has 7 nitrogen and oxygen atoms in total. The highest BCUT2D eigenvalue weighted by Crippen LogP contribution is 2.24. The molecule has 2 fully saturated rings. The predicted molar refractivity (Wildman–Crippen MR) is 111 cm³/mol. The van der Waals surface area contributed by atoms with Gasteiger partial charge in [0.05, 0.1) is 19.3 Å². The third-order valence-electron chi connectivity index (χ3n) is 6.09. The topological polar surface area (TPSA) is 63.5 Å². The van der Waals surface area contributed by atoms with Crippen molar-refractivity contribution in [1.29, 1.82) is 0 Å². The lowest BCUT2D eigenvalue weighted by atomic mass is 10.0. The Balaban J connectivity index is 1.39. The van der Waals surface area contributed by atoms with Gasteiger partial charge in [0.2, 0.25) is 0 Å². The summed E-state index contributed by atoms with van der Waals surface area (Å²) in [5, 5.41) is 8.51. The molecular formula is C22H31N5O2. The number of methoxy groups -OCH3 is 1. The van der Waals surface area contributed by atoms with Gasteiger partial charge in [0.15, 0.2) is 5.69 Å². The minimum Gasteiger partial charge on any atom is -0.496 e. The number of carbonyl (C=O) groups is 1. The number of piperidine rings is 2. The van der Waals surface area contributed by atoms with Gasteiger partial charge in [-0.1, -0.05) is 17.3 Å². The molecule has 3 heterocycles. The quantitative estimate of drug-likeness (QED) is 0.776. The minimum atomic E-state index is 0.0253. The Bertz CT molecular complexity index is 843. The standard InChI is InChI=1S/C22H31N5O2/c1-17-13-18(8-9-21(17)29-2)14-25-10-6-7-19(15-25)27-16-20(23-24-27)22(28)26-11-4-3-5-12-26/h8-9,13,16,19H,3-7,10-12,14-15H2,1-2H3/t19-/m0/s1. The van der Waals surface area contributed by atoms with E-state index in [1.54, 1.807) is 7.11 Å². The highest BCUT2D eigenvalue weighted by Gasteiger charge is 2.25. The molecule has 0 saturated carbocycles. The number of amides is 1. The molecule has 0 N–H and O–H groups in total. The molecule has 2 aromatic rings. The molecule has 1 aromatic heterocycles. The second-order valence-corrected chi connectivity index (χ2v) is 8.27. The Morgan fingerprint density at radius 1 is 1.17 bits per heavy atom. The van der Waals surface area contributed by atoms with Gasteiger partial charge < -0.3 is 9.64 Å². The van der Waals surface area contributed by atoms with E-state index in [1.165, 1.54) is 12.0 Å². The lowest BCUT2D eigenvalue weighted by molar-refractivity contribution is 0.0718. The second-order valence-electron chi connectivity index (χ2n) is 8.27. The van der Waals surface area contributed by atoms with Crippen molar-refractivity contribution in [3.8, 4) is 5.75 Å². The maximum atomic E-state index is 12.7. The Hall–Kier alpha value is -2.41. The van der Waals surface area contributed by atoms with Crippen LogP contribution in [-0.4, -0.2) is 64.0 Å². The summed E-state index contributed by atoms with van der Waals surface area (Å²) in [5.74, 6) is 0.955. The Labute approximate surface area is 172 Å². The van der Waals surface area contributed by atoms with E-state index in [-0.39, 0.29) is 11.9 Å². The molecule has 29 heavy (non-hydrogen) atoms. The molecule has 7 heteroatoms. The highest BCUT2D eigenvalue weighted by molar-refractivity contribution is 5.91. The van der Waals surface area contributed by atoms with Gasteiger partial charge in [-0.3, -0.25) is 9.69 Å². The number of hydrogen-bond donors (Lipinski definition) is 0. The summed E-state index contributed by atoms with van der Waals surface area (Å²) in [5.41, 5.74) is 2.94. The van der Waals surface area contributed by atoms with Gasteiger partial charge in [0.1, 0.15) is 5.75 Å². The van der Waals surface area contributed by atoms with E-state index < -0.39 is 0 Å². The summed E-state index contributed by atoms with van der Waals surface area (Å²) >= 11 is 0. The van der Waals surface area contributed by atoms with Crippen molar-refractivity contribution in [3.05, 3.63) is 41.2 Å². The normalized spacial score (nSPS) is 20.6. The maximum Gasteiger partial charge on any atom is 0.276 e. The third-order valence-corrected chi connectivity index (χ3v) is 6.09. The van der Waals surface area contributed by atoms with Crippen LogP contribution < -0.4 is 4.74 Å². The van der Waals surface area contributed by atoms with Crippen molar-refractivity contribution in [2.24, 2.45) is 0 Å². The predicted octanol–water partition coefficient (Wildman–Crippen LogP) is 3.06. The second kappa shape index (κ2) is 8.95. The van der Waals surface area contributed by atoms with Crippen molar-refractivity contribution in [1.82, 2.24) is 24.8 Å². The molecule has 2 aliphatic heterocycles. The van der Waals surface area contributed by atoms with Gasteiger partial charge in [0, 0.05) is 26.2 Å². The monoisotopic (exact) mass is 397 g/mol. The van der Waals surface area contributed by atoms with Crippen molar-refractivity contribution in [3.63, 3.8) is 0 Å². The van der Waals surface area contributed by atoms with Gasteiger partial charge in [-0.05, 0) is 62.8 Å². The lowest BCUT2D eigenvalue weighted by Gasteiger charge is -2.32. The van der Waals surface area contributed by atoms with Crippen molar-refractivity contribution < 1.29 is 9.53 Å². The van der Waals surface area contributed by atoms with E-state index in [0.717, 1.165) is 69.7 Å². The number of likely N-dealkylation sites (tertiary alicyclic amines) is 2. The van der Waals surface area contributed by atoms with Crippen molar-refractivity contribution in [2.45, 2.75) is 51.6 Å². The molecule has 0 bridgehead atoms. The van der Waals surface area contributed by atoms with Crippen LogP contribution in [-0.2, 0) is 6.54 Å². The molecule has 1 aromatic carbocycles. The van der Waals surface area contributed by atoms with Gasteiger partial charge in [0.25, 0.3) is 5.91 Å². The van der Waals surface area contributed by atoms with E-state index in [2.05, 4.69) is 34.3 Å². The number of benzene rings is 1. The summed E-state index contributed by atoms with van der Waals surface area (Å²) in [6, 6.07) is 6.65. The van der Waals surface area contributed by atoms with Crippen LogP contribution in [0.1, 0.15) is 59.8 Å². The summed E-state index contributed by atoms with van der Waals surface area (Å²) < 4.78 is 7.27. The number of carbonyl (C=O) groups excluding carboxylic acids is 1. The average Bonchev–Trinajstić information content (AvgIpc) is 3.24. The Morgan fingerprint density at radius 3 is 2.76 bits per heavy atom. The number of aryl methyl sites for hydroxylation is 1. The molecule has 2 saturated heterocycles. The van der Waals surface area contributed by atoms with Crippen LogP contribution in [0.4, 0.5) is 0 Å². The van der Waals surface area contributed by atoms with Gasteiger partial charge >= 0.3 is 0 Å². The molecule has 1 atom stereocenters. The van der Waals surface area contributed by atoms with Crippen LogP contribution in [0.15, 0.2) is 24.4 Å². The summed E-state index contributed by atoms with van der Waals surface area (Å²) in [4.78, 5) is 17.1. The van der Waals surface area contributed by atoms with Crippen LogP contribution in [0.5, 0.6) is 5.75 Å². The van der Waals surface area contributed by atoms with Crippen LogP contribution in [0.3, 0.4) is 0 Å². The van der Waals surface area contributed by atoms with E-state index >= 15 is 0 Å². The van der Waals surface area contributed by atoms with Gasteiger partial charge in [-0.2, -0.15) is 0 Å². The van der Waals surface area contributed by atoms with Crippen LogP contribution in [0.25, 0.3) is 0 Å². The molecule has 156 valence electrons. The van der Waals surface area contributed by atoms with Crippen molar-refractivity contribution >= 4 is 5.91 Å². The lowest BCUT2D eigenvalue weighted by Crippen LogP contribution is -2.36. The fourth-order valence-corrected chi connectivity index (χ4v) is 4.50. The molecular weight excluding hydrogens is 366 g/mol. The molecule has 4 rings (SSSR count). The average molecular weight is 398 g/mol. The van der Waals surface area contributed by atoms with Crippen LogP contribution in [0.2, 0.25) is 0 Å². The Kier molecular flexibility index (Phi) is 6.13. The maximum absolute atomic E-state index is 12.7. The smallest absolute Gasteiger partial charge is 0.276 e. The number of aromatic nitrogens is 3. The van der Waals surface area contributed by atoms with Crippen LogP contribution >= 0.6 is 0 Å². The minimum absolute atomic E-state index is 0.0253. The van der Waals surface area contributed by atoms with Gasteiger partial charge in [-0.15, -0.1) is 5.10 Å². The zero-order valence-corrected chi connectivity index (χ0v) is 17.5. The molecule has 0 spiro atoms. The third kappa shape index (κ3) is 4.61. The van der Waals surface area contributed by atoms with E-state index in [0.29, 0.717) is 5.69 Å². The van der Waals surface area contributed by atoms with Crippen molar-refractivity contribution in [2.75, 3.05) is 33.3 Å². The van der Waals surface area contributed by atoms with E-state index in [9.17, 15) is 4.79 Å². The molecule has 0 aliphatic carbocycles. The zero-order valence-electron chi connectivity index (χ0n) is 17.5. The number of rotatable bonds is 5. The van der Waals surface area contributed by atoms with Crippen LogP contribution in [0, 0.1) is 6.92 Å². The summed E-state index contributed by atoms with van der Waals surface area (Å²) in [6.07, 6.45) is 7.42. The first-order valence-corrected chi connectivity index (χ1v) is 10.7. The number of nitrogens with zero attached hydrogens (tertiary/aromatic N) is 5. The fraction of sp³-hybridized carbons (Fsp3) is 0.591. The SMILES string of the molecule is COc1ccc(CN2CCC[C@H](n3cc(C(=O)N4CCCCC4)nn3)C2)cc1C. The highest BCUT2D eigenvalue weighted by atomic mass is 16.5. The van der Waals surface area contributed by atoms with Gasteiger partial charge in [-0.25, -0.2) is 4.68 Å². The Morgan fingerprint density at radius 2 is 2.00 bits per heavy atom. The summed E-state index contributed by atoms with van der Waals surface area (Å²) in [6.45, 7) is 6.67. The number of ether oxygens (including phenoxy) is 1.